The number of ether oxygens (including phenoxy) is 1. The number of hydrogen-bond acceptors (Lipinski definition) is 4. The molecule has 0 aliphatic carbocycles. The van der Waals surface area contributed by atoms with Gasteiger partial charge in [0.15, 0.2) is 0 Å². The maximum Gasteiger partial charge on any atom is 0.328 e. The third-order valence-corrected chi connectivity index (χ3v) is 2.41. The van der Waals surface area contributed by atoms with Crippen molar-refractivity contribution in [2.24, 2.45) is 5.73 Å². The van der Waals surface area contributed by atoms with Crippen LogP contribution in [0.25, 0.3) is 0 Å². The van der Waals surface area contributed by atoms with E-state index in [0.717, 1.165) is 4.88 Å². The number of carbonyl (C=O) groups excluding carboxylic acids is 1. The van der Waals surface area contributed by atoms with E-state index in [9.17, 15) is 4.79 Å². The predicted molar refractivity (Wildman–Crippen MR) is 52.5 cm³/mol. The van der Waals surface area contributed by atoms with Crippen molar-refractivity contribution in [2.45, 2.75) is 26.0 Å². The van der Waals surface area contributed by atoms with Crippen molar-refractivity contribution >= 4 is 17.3 Å². The second-order valence-corrected chi connectivity index (χ2v) is 3.96. The van der Waals surface area contributed by atoms with E-state index in [1.807, 2.05) is 17.5 Å². The van der Waals surface area contributed by atoms with E-state index < -0.39 is 6.04 Å². The monoisotopic (exact) mass is 199 g/mol. The van der Waals surface area contributed by atoms with Gasteiger partial charge in [0.05, 0.1) is 6.10 Å². The third-order valence-electron chi connectivity index (χ3n) is 1.46. The molecule has 0 radical (unpaired) electrons. The van der Waals surface area contributed by atoms with Crippen LogP contribution in [0.3, 0.4) is 0 Å². The first-order valence-corrected chi connectivity index (χ1v) is 4.98. The van der Waals surface area contributed by atoms with Gasteiger partial charge in [-0.3, -0.25) is 0 Å². The molecule has 4 heteroatoms. The molecular formula is C9H13NO2S. The molecule has 0 amide bonds. The zero-order chi connectivity index (χ0) is 9.84. The summed E-state index contributed by atoms with van der Waals surface area (Å²) in [4.78, 5) is 12.1. The summed E-state index contributed by atoms with van der Waals surface area (Å²) in [6, 6.07) is 3.06. The van der Waals surface area contributed by atoms with Crippen LogP contribution in [0.4, 0.5) is 0 Å². The van der Waals surface area contributed by atoms with E-state index in [-0.39, 0.29) is 12.1 Å². The van der Waals surface area contributed by atoms with Crippen molar-refractivity contribution in [2.75, 3.05) is 0 Å². The van der Waals surface area contributed by atoms with Crippen molar-refractivity contribution in [3.8, 4) is 0 Å². The van der Waals surface area contributed by atoms with Crippen LogP contribution in [0.15, 0.2) is 17.5 Å². The zero-order valence-corrected chi connectivity index (χ0v) is 8.51. The fourth-order valence-corrected chi connectivity index (χ4v) is 1.60. The first kappa shape index (κ1) is 10.2. The van der Waals surface area contributed by atoms with Crippen LogP contribution < -0.4 is 5.73 Å². The highest BCUT2D eigenvalue weighted by molar-refractivity contribution is 7.10. The highest BCUT2D eigenvalue weighted by Gasteiger charge is 2.18. The second kappa shape index (κ2) is 4.39. The smallest absolute Gasteiger partial charge is 0.328 e. The molecule has 1 unspecified atom stereocenters. The number of esters is 1. The van der Waals surface area contributed by atoms with E-state index >= 15 is 0 Å². The third kappa shape index (κ3) is 2.82. The van der Waals surface area contributed by atoms with Gasteiger partial charge in [-0.2, -0.15) is 0 Å². The van der Waals surface area contributed by atoms with Gasteiger partial charge in [0.2, 0.25) is 0 Å². The molecule has 0 spiro atoms. The van der Waals surface area contributed by atoms with Gasteiger partial charge in [-0.05, 0) is 25.3 Å². The van der Waals surface area contributed by atoms with Gasteiger partial charge in [-0.1, -0.05) is 6.07 Å². The molecule has 72 valence electrons. The molecule has 0 fully saturated rings. The van der Waals surface area contributed by atoms with E-state index in [1.165, 1.54) is 11.3 Å². The fraction of sp³-hybridized carbons (Fsp3) is 0.444. The molecule has 0 aliphatic rings. The van der Waals surface area contributed by atoms with Crippen molar-refractivity contribution in [3.05, 3.63) is 22.4 Å². The summed E-state index contributed by atoms with van der Waals surface area (Å²) in [6.07, 6.45) is -0.112. The Labute approximate surface area is 81.5 Å². The van der Waals surface area contributed by atoms with E-state index in [1.54, 1.807) is 13.8 Å². The van der Waals surface area contributed by atoms with Crippen LogP contribution in [0.1, 0.15) is 24.8 Å². The summed E-state index contributed by atoms with van der Waals surface area (Å²) in [7, 11) is 0. The van der Waals surface area contributed by atoms with Crippen LogP contribution >= 0.6 is 11.3 Å². The fourth-order valence-electron chi connectivity index (χ4n) is 0.890. The number of rotatable bonds is 3. The van der Waals surface area contributed by atoms with Gasteiger partial charge >= 0.3 is 5.97 Å². The zero-order valence-electron chi connectivity index (χ0n) is 7.69. The van der Waals surface area contributed by atoms with Gasteiger partial charge < -0.3 is 10.5 Å². The number of thiophene rings is 1. The second-order valence-electron chi connectivity index (χ2n) is 2.98. The average Bonchev–Trinajstić information content (AvgIpc) is 2.53. The van der Waals surface area contributed by atoms with Crippen molar-refractivity contribution in [1.82, 2.24) is 0 Å². The quantitative estimate of drug-likeness (QED) is 0.754. The van der Waals surface area contributed by atoms with E-state index in [0.29, 0.717) is 0 Å². The lowest BCUT2D eigenvalue weighted by molar-refractivity contribution is -0.149. The molecular weight excluding hydrogens is 186 g/mol. The Morgan fingerprint density at radius 1 is 1.62 bits per heavy atom. The molecule has 3 nitrogen and oxygen atoms in total. The SMILES string of the molecule is CC(C)OC(=O)C(N)c1cccs1. The molecule has 0 aliphatic heterocycles. The normalized spacial score (nSPS) is 12.9. The maximum absolute atomic E-state index is 11.3. The van der Waals surface area contributed by atoms with Crippen LogP contribution in [-0.4, -0.2) is 12.1 Å². The molecule has 1 rings (SSSR count). The molecule has 1 aromatic rings. The summed E-state index contributed by atoms with van der Waals surface area (Å²) in [6.45, 7) is 3.61. The maximum atomic E-state index is 11.3. The Morgan fingerprint density at radius 2 is 2.31 bits per heavy atom. The molecule has 2 N–H and O–H groups in total. The van der Waals surface area contributed by atoms with Crippen LogP contribution in [0, 0.1) is 0 Å². The Morgan fingerprint density at radius 3 is 2.77 bits per heavy atom. The standard InChI is InChI=1S/C9H13NO2S/c1-6(2)12-9(11)8(10)7-4-3-5-13-7/h3-6,8H,10H2,1-2H3. The summed E-state index contributed by atoms with van der Waals surface area (Å²) < 4.78 is 4.98. The van der Waals surface area contributed by atoms with Crippen LogP contribution in [0.5, 0.6) is 0 Å². The Kier molecular flexibility index (Phi) is 3.45. The molecule has 0 bridgehead atoms. The number of carbonyl (C=O) groups is 1. The number of nitrogens with two attached hydrogens (primary N) is 1. The molecule has 0 aromatic carbocycles. The van der Waals surface area contributed by atoms with Gasteiger partial charge in [0, 0.05) is 4.88 Å². The van der Waals surface area contributed by atoms with Gasteiger partial charge in [0.25, 0.3) is 0 Å². The van der Waals surface area contributed by atoms with Gasteiger partial charge in [0.1, 0.15) is 6.04 Å². The molecule has 0 saturated carbocycles. The summed E-state index contributed by atoms with van der Waals surface area (Å²) in [5.74, 6) is -0.363. The van der Waals surface area contributed by atoms with Gasteiger partial charge in [-0.15, -0.1) is 11.3 Å². The minimum atomic E-state index is -0.637. The van der Waals surface area contributed by atoms with E-state index in [4.69, 9.17) is 10.5 Å². The van der Waals surface area contributed by atoms with Crippen molar-refractivity contribution in [1.29, 1.82) is 0 Å². The lowest BCUT2D eigenvalue weighted by Gasteiger charge is -2.12. The molecule has 1 aromatic heterocycles. The molecule has 0 saturated heterocycles. The highest BCUT2D eigenvalue weighted by atomic mass is 32.1. The highest BCUT2D eigenvalue weighted by Crippen LogP contribution is 2.18. The first-order valence-electron chi connectivity index (χ1n) is 4.10. The molecule has 13 heavy (non-hydrogen) atoms. The predicted octanol–water partition coefficient (Wildman–Crippen LogP) is 1.70. The first-order chi connectivity index (χ1) is 6.11. The Balaban J connectivity index is 2.58. The Hall–Kier alpha value is -0.870. The topological polar surface area (TPSA) is 52.3 Å². The minimum absolute atomic E-state index is 0.112. The van der Waals surface area contributed by atoms with Crippen LogP contribution in [0.2, 0.25) is 0 Å². The van der Waals surface area contributed by atoms with Crippen LogP contribution in [-0.2, 0) is 9.53 Å². The minimum Gasteiger partial charge on any atom is -0.462 e. The molecule has 1 heterocycles. The lowest BCUT2D eigenvalue weighted by atomic mass is 10.2. The summed E-state index contributed by atoms with van der Waals surface area (Å²) in [5, 5.41) is 1.89. The van der Waals surface area contributed by atoms with Crippen molar-refractivity contribution < 1.29 is 9.53 Å². The summed E-state index contributed by atoms with van der Waals surface area (Å²) in [5.41, 5.74) is 5.67. The largest absolute Gasteiger partial charge is 0.462 e. The summed E-state index contributed by atoms with van der Waals surface area (Å²) >= 11 is 1.46. The number of hydrogen-bond donors (Lipinski definition) is 1. The Bertz CT molecular complexity index is 269. The van der Waals surface area contributed by atoms with Gasteiger partial charge in [-0.25, -0.2) is 4.79 Å². The average molecular weight is 199 g/mol. The van der Waals surface area contributed by atoms with E-state index in [2.05, 4.69) is 0 Å². The van der Waals surface area contributed by atoms with Crippen molar-refractivity contribution in [3.63, 3.8) is 0 Å². The molecule has 1 atom stereocenters. The lowest BCUT2D eigenvalue weighted by Crippen LogP contribution is -2.25.